The molecule has 0 aliphatic carbocycles. The fourth-order valence-corrected chi connectivity index (χ4v) is 1.43. The highest BCUT2D eigenvalue weighted by Crippen LogP contribution is 2.11. The monoisotopic (exact) mass is 306 g/mol. The van der Waals surface area contributed by atoms with Crippen LogP contribution in [0, 0.1) is 3.70 Å². The summed E-state index contributed by atoms with van der Waals surface area (Å²) in [4.78, 5) is 18.2. The summed E-state index contributed by atoms with van der Waals surface area (Å²) in [6, 6.07) is 0. The lowest BCUT2D eigenvalue weighted by Crippen LogP contribution is -2.09. The van der Waals surface area contributed by atoms with Gasteiger partial charge < -0.3 is 9.72 Å². The Morgan fingerprint density at radius 3 is 3.00 bits per heavy atom. The molecule has 0 amide bonds. The van der Waals surface area contributed by atoms with Crippen LogP contribution in [0.1, 0.15) is 12.6 Å². The first-order valence-corrected chi connectivity index (χ1v) is 5.25. The van der Waals surface area contributed by atoms with Crippen LogP contribution in [0.2, 0.25) is 0 Å². The molecule has 0 unspecified atom stereocenters. The molecule has 1 N–H and O–H groups in total. The molecule has 0 radical (unpaired) electrons. The third-order valence-corrected chi connectivity index (χ3v) is 2.55. The van der Waals surface area contributed by atoms with Crippen molar-refractivity contribution in [3.8, 4) is 0 Å². The van der Waals surface area contributed by atoms with Crippen LogP contribution in [0.3, 0.4) is 0 Å². The number of hydrogen-bond donors (Lipinski definition) is 1. The van der Waals surface area contributed by atoms with Crippen LogP contribution in [0.15, 0.2) is 18.5 Å². The van der Waals surface area contributed by atoms with Crippen molar-refractivity contribution >= 4 is 28.6 Å². The van der Waals surface area contributed by atoms with Crippen LogP contribution >= 0.6 is 22.6 Å². The number of esters is 1. The summed E-state index contributed by atoms with van der Waals surface area (Å²) in [7, 11) is 0. The molecule has 0 atom stereocenters. The molecule has 0 spiro atoms. The maximum Gasteiger partial charge on any atom is 0.333 e. The van der Waals surface area contributed by atoms with Gasteiger partial charge in [-0.25, -0.2) is 9.78 Å². The highest BCUT2D eigenvalue weighted by atomic mass is 127. The lowest BCUT2D eigenvalue weighted by Gasteiger charge is -2.03. The molecule has 76 valence electrons. The maximum absolute atomic E-state index is 11.2. The molecule has 1 aromatic heterocycles. The van der Waals surface area contributed by atoms with Crippen molar-refractivity contribution in [3.63, 3.8) is 0 Å². The number of carbonyl (C=O) groups excluding carboxylic acids is 1. The zero-order valence-corrected chi connectivity index (χ0v) is 10.00. The molecule has 4 nitrogen and oxygen atoms in total. The fourth-order valence-electron chi connectivity index (χ4n) is 0.947. The van der Waals surface area contributed by atoms with Crippen LogP contribution in [-0.4, -0.2) is 22.5 Å². The van der Waals surface area contributed by atoms with Crippen LogP contribution in [0.5, 0.6) is 0 Å². The summed E-state index contributed by atoms with van der Waals surface area (Å²) in [5.41, 5.74) is 1.33. The molecule has 0 saturated carbocycles. The highest BCUT2D eigenvalue weighted by Gasteiger charge is 2.11. The summed E-state index contributed by atoms with van der Waals surface area (Å²) in [6.07, 6.45) is 2.05. The number of nitrogens with one attached hydrogen (secondary N) is 1. The summed E-state index contributed by atoms with van der Waals surface area (Å²) in [6.45, 7) is 5.81. The smallest absolute Gasteiger partial charge is 0.333 e. The molecule has 0 bridgehead atoms. The maximum atomic E-state index is 11.2. The first-order valence-electron chi connectivity index (χ1n) is 4.17. The molecule has 1 aromatic rings. The average molecular weight is 306 g/mol. The molecule has 1 rings (SSSR count). The quantitative estimate of drug-likeness (QED) is 0.523. The Hall–Kier alpha value is -0.850. The lowest BCUT2D eigenvalue weighted by atomic mass is 10.2. The van der Waals surface area contributed by atoms with Gasteiger partial charge in [0.05, 0.1) is 18.6 Å². The zero-order valence-electron chi connectivity index (χ0n) is 7.84. The first-order chi connectivity index (χ1) is 6.65. The third kappa shape index (κ3) is 2.83. The topological polar surface area (TPSA) is 55.0 Å². The van der Waals surface area contributed by atoms with Crippen molar-refractivity contribution in [3.05, 3.63) is 27.9 Å². The van der Waals surface area contributed by atoms with Gasteiger partial charge in [0.15, 0.2) is 0 Å². The van der Waals surface area contributed by atoms with Crippen molar-refractivity contribution in [2.75, 3.05) is 6.61 Å². The van der Waals surface area contributed by atoms with Gasteiger partial charge in [-0.1, -0.05) is 6.58 Å². The number of ether oxygens (including phenoxy) is 1. The Morgan fingerprint density at radius 1 is 1.79 bits per heavy atom. The van der Waals surface area contributed by atoms with Gasteiger partial charge in [-0.2, -0.15) is 0 Å². The number of hydrogen-bond acceptors (Lipinski definition) is 3. The summed E-state index contributed by atoms with van der Waals surface area (Å²) < 4.78 is 5.67. The predicted molar refractivity (Wildman–Crippen MR) is 60.8 cm³/mol. The van der Waals surface area contributed by atoms with Crippen LogP contribution in [0.4, 0.5) is 0 Å². The second-order valence-corrected chi connectivity index (χ2v) is 3.69. The number of aromatic amines is 1. The second kappa shape index (κ2) is 5.14. The molecule has 0 aliphatic heterocycles. The third-order valence-electron chi connectivity index (χ3n) is 1.62. The van der Waals surface area contributed by atoms with Crippen LogP contribution in [-0.2, 0) is 16.0 Å². The molecule has 14 heavy (non-hydrogen) atoms. The van der Waals surface area contributed by atoms with E-state index in [4.69, 9.17) is 4.74 Å². The molecular weight excluding hydrogens is 295 g/mol. The Kier molecular flexibility index (Phi) is 4.12. The highest BCUT2D eigenvalue weighted by molar-refractivity contribution is 14.1. The minimum absolute atomic E-state index is 0.349. The van der Waals surface area contributed by atoms with E-state index in [0.717, 1.165) is 9.39 Å². The summed E-state index contributed by atoms with van der Waals surface area (Å²) >= 11 is 2.10. The van der Waals surface area contributed by atoms with Gasteiger partial charge in [-0.15, -0.1) is 0 Å². The predicted octanol–water partition coefficient (Wildman–Crippen LogP) is 1.68. The standard InChI is InChI=1S/C9H11IN2O2/c1-3-14-9(13)6(2)4-7-8(10)12-5-11-7/h5H,2-4H2,1H3,(H,11,12). The van der Waals surface area contributed by atoms with Crippen molar-refractivity contribution in [2.45, 2.75) is 13.3 Å². The first kappa shape index (κ1) is 11.2. The van der Waals surface area contributed by atoms with Gasteiger partial charge >= 0.3 is 5.97 Å². The summed E-state index contributed by atoms with van der Waals surface area (Å²) in [5, 5.41) is 0. The van der Waals surface area contributed by atoms with Crippen molar-refractivity contribution < 1.29 is 9.53 Å². The summed E-state index contributed by atoms with van der Waals surface area (Å²) in [5.74, 6) is -0.349. The zero-order chi connectivity index (χ0) is 10.6. The van der Waals surface area contributed by atoms with Crippen LogP contribution < -0.4 is 0 Å². The molecule has 5 heteroatoms. The van der Waals surface area contributed by atoms with Crippen molar-refractivity contribution in [2.24, 2.45) is 0 Å². The number of imidazole rings is 1. The minimum Gasteiger partial charge on any atom is -0.463 e. The van der Waals surface area contributed by atoms with E-state index in [9.17, 15) is 4.79 Å². The van der Waals surface area contributed by atoms with Gasteiger partial charge in [0.2, 0.25) is 0 Å². The van der Waals surface area contributed by atoms with E-state index in [2.05, 4.69) is 39.1 Å². The largest absolute Gasteiger partial charge is 0.463 e. The molecule has 0 fully saturated rings. The molecule has 0 aromatic carbocycles. The van der Waals surface area contributed by atoms with Crippen molar-refractivity contribution in [1.29, 1.82) is 0 Å². The number of nitrogens with zero attached hydrogens (tertiary/aromatic N) is 1. The van der Waals surface area contributed by atoms with E-state index < -0.39 is 0 Å². The molecule has 0 aliphatic rings. The van der Waals surface area contributed by atoms with E-state index in [1.807, 2.05) is 0 Å². The Labute approximate surface area is 95.9 Å². The Bertz CT molecular complexity index is 346. The molecular formula is C9H11IN2O2. The Morgan fingerprint density at radius 2 is 2.50 bits per heavy atom. The molecule has 0 saturated heterocycles. The minimum atomic E-state index is -0.349. The normalized spacial score (nSPS) is 9.86. The second-order valence-electron chi connectivity index (χ2n) is 2.67. The van der Waals surface area contributed by atoms with E-state index in [1.165, 1.54) is 0 Å². The van der Waals surface area contributed by atoms with Gasteiger partial charge in [-0.3, -0.25) is 0 Å². The SMILES string of the molecule is C=C(Cc1[nH]cnc1I)C(=O)OCC. The average Bonchev–Trinajstić information content (AvgIpc) is 2.52. The van der Waals surface area contributed by atoms with Gasteiger partial charge in [0.1, 0.15) is 3.70 Å². The number of halogens is 1. The Balaban J connectivity index is 2.57. The number of rotatable bonds is 4. The van der Waals surface area contributed by atoms with Gasteiger partial charge in [0, 0.05) is 12.0 Å². The van der Waals surface area contributed by atoms with Gasteiger partial charge in [0.25, 0.3) is 0 Å². The van der Waals surface area contributed by atoms with Crippen molar-refractivity contribution in [1.82, 2.24) is 9.97 Å². The van der Waals surface area contributed by atoms with Crippen LogP contribution in [0.25, 0.3) is 0 Å². The number of H-pyrrole nitrogens is 1. The van der Waals surface area contributed by atoms with E-state index in [-0.39, 0.29) is 5.97 Å². The lowest BCUT2D eigenvalue weighted by molar-refractivity contribution is -0.138. The van der Waals surface area contributed by atoms with E-state index in [0.29, 0.717) is 18.6 Å². The van der Waals surface area contributed by atoms with Gasteiger partial charge in [-0.05, 0) is 29.5 Å². The molecule has 1 heterocycles. The van der Waals surface area contributed by atoms with E-state index >= 15 is 0 Å². The van der Waals surface area contributed by atoms with E-state index in [1.54, 1.807) is 13.3 Å². The fraction of sp³-hybridized carbons (Fsp3) is 0.333. The number of carbonyl (C=O) groups is 1. The number of aromatic nitrogens is 2.